The molecule has 1 aliphatic heterocycles. The van der Waals surface area contributed by atoms with Crippen molar-refractivity contribution in [3.8, 4) is 0 Å². The van der Waals surface area contributed by atoms with Gasteiger partial charge >= 0.3 is 6.09 Å². The second-order valence-corrected chi connectivity index (χ2v) is 8.10. The van der Waals surface area contributed by atoms with Crippen LogP contribution in [0.5, 0.6) is 0 Å². The smallest absolute Gasteiger partial charge is 0.410 e. The largest absolute Gasteiger partial charge is 0.444 e. The number of nitrogens with zero attached hydrogens (tertiary/aromatic N) is 2. The van der Waals surface area contributed by atoms with Crippen LogP contribution in [0.15, 0.2) is 24.3 Å². The predicted octanol–water partition coefficient (Wildman–Crippen LogP) is 4.61. The number of rotatable bonds is 5. The Morgan fingerprint density at radius 2 is 2.07 bits per heavy atom. The van der Waals surface area contributed by atoms with E-state index in [1.165, 1.54) is 12.1 Å². The summed E-state index contributed by atoms with van der Waals surface area (Å²) in [6.07, 6.45) is 2.79. The molecule has 0 N–H and O–H groups in total. The van der Waals surface area contributed by atoms with Gasteiger partial charge in [-0.05, 0) is 64.2 Å². The third-order valence-corrected chi connectivity index (χ3v) is 4.66. The fourth-order valence-electron chi connectivity index (χ4n) is 3.34. The monoisotopic (exact) mass is 378 g/mol. The van der Waals surface area contributed by atoms with Crippen molar-refractivity contribution in [2.45, 2.75) is 59.0 Å². The molecule has 0 aliphatic carbocycles. The molecule has 0 saturated carbocycles. The topological polar surface area (TPSA) is 49.9 Å². The molecule has 0 radical (unpaired) electrons. The van der Waals surface area contributed by atoms with Crippen molar-refractivity contribution in [1.29, 1.82) is 0 Å². The first-order valence-corrected chi connectivity index (χ1v) is 9.73. The van der Waals surface area contributed by atoms with Gasteiger partial charge < -0.3 is 14.5 Å². The van der Waals surface area contributed by atoms with Gasteiger partial charge in [-0.2, -0.15) is 0 Å². The SMILES string of the molecule is CCC(=O)N(CC[C@H]1CCCN(C(=O)OC(C)(C)C)C1)c1cccc(F)c1. The number of piperidine rings is 1. The van der Waals surface area contributed by atoms with Gasteiger partial charge in [0.25, 0.3) is 0 Å². The first-order valence-electron chi connectivity index (χ1n) is 9.73. The van der Waals surface area contributed by atoms with E-state index in [0.717, 1.165) is 19.3 Å². The number of ether oxygens (including phenoxy) is 1. The Hall–Kier alpha value is -2.11. The number of hydrogen-bond donors (Lipinski definition) is 0. The molecule has 1 heterocycles. The van der Waals surface area contributed by atoms with Crippen molar-refractivity contribution in [2.75, 3.05) is 24.5 Å². The normalized spacial score (nSPS) is 17.5. The van der Waals surface area contributed by atoms with Crippen LogP contribution < -0.4 is 4.90 Å². The molecule has 1 saturated heterocycles. The Labute approximate surface area is 161 Å². The summed E-state index contributed by atoms with van der Waals surface area (Å²) in [4.78, 5) is 28.1. The standard InChI is InChI=1S/C21H31FN2O3/c1-5-19(25)24(18-10-6-9-17(22)14-18)13-11-16-8-7-12-23(15-16)20(26)27-21(2,3)4/h6,9-10,14,16H,5,7-8,11-13,15H2,1-4H3/t16-/m1/s1. The molecule has 1 atom stereocenters. The quantitative estimate of drug-likeness (QED) is 0.752. The van der Waals surface area contributed by atoms with E-state index in [1.54, 1.807) is 28.9 Å². The third kappa shape index (κ3) is 6.52. The van der Waals surface area contributed by atoms with Gasteiger partial charge in [0.1, 0.15) is 11.4 Å². The van der Waals surface area contributed by atoms with Crippen molar-refractivity contribution in [1.82, 2.24) is 4.90 Å². The van der Waals surface area contributed by atoms with Crippen LogP contribution in [-0.4, -0.2) is 42.1 Å². The number of carbonyl (C=O) groups is 2. The van der Waals surface area contributed by atoms with Crippen LogP contribution in [-0.2, 0) is 9.53 Å². The molecule has 1 aliphatic rings. The van der Waals surface area contributed by atoms with E-state index >= 15 is 0 Å². The maximum Gasteiger partial charge on any atom is 0.410 e. The van der Waals surface area contributed by atoms with Crippen LogP contribution in [0.3, 0.4) is 0 Å². The molecule has 150 valence electrons. The van der Waals surface area contributed by atoms with Gasteiger partial charge in [0.05, 0.1) is 0 Å². The number of halogens is 1. The molecule has 6 heteroatoms. The fraction of sp³-hybridized carbons (Fsp3) is 0.619. The molecule has 1 aromatic rings. The number of benzene rings is 1. The van der Waals surface area contributed by atoms with Gasteiger partial charge in [0.15, 0.2) is 0 Å². The average molecular weight is 378 g/mol. The fourth-order valence-corrected chi connectivity index (χ4v) is 3.34. The van der Waals surface area contributed by atoms with Gasteiger partial charge in [-0.15, -0.1) is 0 Å². The highest BCUT2D eigenvalue weighted by molar-refractivity contribution is 5.93. The van der Waals surface area contributed by atoms with E-state index in [2.05, 4.69) is 0 Å². The molecule has 27 heavy (non-hydrogen) atoms. The minimum atomic E-state index is -0.508. The molecule has 0 spiro atoms. The highest BCUT2D eigenvalue weighted by atomic mass is 19.1. The zero-order valence-corrected chi connectivity index (χ0v) is 16.8. The lowest BCUT2D eigenvalue weighted by molar-refractivity contribution is -0.118. The number of hydrogen-bond acceptors (Lipinski definition) is 3. The molecule has 5 nitrogen and oxygen atoms in total. The highest BCUT2D eigenvalue weighted by Crippen LogP contribution is 2.24. The predicted molar refractivity (Wildman–Crippen MR) is 104 cm³/mol. The van der Waals surface area contributed by atoms with Crippen LogP contribution in [0.1, 0.15) is 53.4 Å². The maximum atomic E-state index is 13.6. The van der Waals surface area contributed by atoms with Crippen LogP contribution in [0.4, 0.5) is 14.9 Å². The summed E-state index contributed by atoms with van der Waals surface area (Å²) < 4.78 is 19.0. The van der Waals surface area contributed by atoms with E-state index in [9.17, 15) is 14.0 Å². The Morgan fingerprint density at radius 1 is 1.33 bits per heavy atom. The minimum Gasteiger partial charge on any atom is -0.444 e. The van der Waals surface area contributed by atoms with Crippen molar-refractivity contribution in [3.63, 3.8) is 0 Å². The Kier molecular flexibility index (Phi) is 7.22. The summed E-state index contributed by atoms with van der Waals surface area (Å²) in [7, 11) is 0. The van der Waals surface area contributed by atoms with Gasteiger partial charge in [0.2, 0.25) is 5.91 Å². The Morgan fingerprint density at radius 3 is 2.70 bits per heavy atom. The summed E-state index contributed by atoms with van der Waals surface area (Å²) in [6, 6.07) is 6.13. The lowest BCUT2D eigenvalue weighted by Gasteiger charge is -2.35. The van der Waals surface area contributed by atoms with E-state index in [4.69, 9.17) is 4.74 Å². The van der Waals surface area contributed by atoms with Crippen molar-refractivity contribution in [2.24, 2.45) is 5.92 Å². The molecular formula is C21H31FN2O3. The Balaban J connectivity index is 1.98. The lowest BCUT2D eigenvalue weighted by Crippen LogP contribution is -2.43. The van der Waals surface area contributed by atoms with Crippen LogP contribution in [0.25, 0.3) is 0 Å². The van der Waals surface area contributed by atoms with Crippen molar-refractivity contribution >= 4 is 17.7 Å². The first-order chi connectivity index (χ1) is 12.7. The third-order valence-electron chi connectivity index (χ3n) is 4.66. The van der Waals surface area contributed by atoms with Crippen LogP contribution in [0, 0.1) is 11.7 Å². The highest BCUT2D eigenvalue weighted by Gasteiger charge is 2.28. The molecular weight excluding hydrogens is 347 g/mol. The number of carbonyl (C=O) groups excluding carboxylic acids is 2. The van der Waals surface area contributed by atoms with E-state index < -0.39 is 5.60 Å². The van der Waals surface area contributed by atoms with Gasteiger partial charge in [-0.1, -0.05) is 13.0 Å². The molecule has 0 bridgehead atoms. The second-order valence-electron chi connectivity index (χ2n) is 8.10. The lowest BCUT2D eigenvalue weighted by atomic mass is 9.94. The molecule has 2 rings (SSSR count). The molecule has 0 aromatic heterocycles. The number of anilines is 1. The zero-order chi connectivity index (χ0) is 20.0. The summed E-state index contributed by atoms with van der Waals surface area (Å²) in [5.74, 6) is -0.0810. The first kappa shape index (κ1) is 21.2. The van der Waals surface area contributed by atoms with Crippen LogP contribution >= 0.6 is 0 Å². The van der Waals surface area contributed by atoms with Crippen molar-refractivity contribution < 1.29 is 18.7 Å². The van der Waals surface area contributed by atoms with Gasteiger partial charge in [0, 0.05) is 31.7 Å². The van der Waals surface area contributed by atoms with E-state index in [-0.39, 0.29) is 17.8 Å². The Bertz CT molecular complexity index is 657. The van der Waals surface area contributed by atoms with Crippen molar-refractivity contribution in [3.05, 3.63) is 30.1 Å². The summed E-state index contributed by atoms with van der Waals surface area (Å²) in [6.45, 7) is 9.24. The maximum absolute atomic E-state index is 13.6. The molecule has 1 fully saturated rings. The van der Waals surface area contributed by atoms with Gasteiger partial charge in [-0.25, -0.2) is 9.18 Å². The summed E-state index contributed by atoms with van der Waals surface area (Å²) >= 11 is 0. The molecule has 0 unspecified atom stereocenters. The number of amides is 2. The summed E-state index contributed by atoms with van der Waals surface area (Å²) in [5, 5.41) is 0. The minimum absolute atomic E-state index is 0.0274. The molecule has 1 aromatic carbocycles. The molecule has 2 amide bonds. The van der Waals surface area contributed by atoms with E-state index in [0.29, 0.717) is 37.7 Å². The average Bonchev–Trinajstić information content (AvgIpc) is 2.60. The summed E-state index contributed by atoms with van der Waals surface area (Å²) in [5.41, 5.74) is 0.0767. The zero-order valence-electron chi connectivity index (χ0n) is 16.8. The second kappa shape index (κ2) is 9.20. The van der Waals surface area contributed by atoms with Crippen LogP contribution in [0.2, 0.25) is 0 Å². The number of likely N-dealkylation sites (tertiary alicyclic amines) is 1. The van der Waals surface area contributed by atoms with Gasteiger partial charge in [-0.3, -0.25) is 4.79 Å². The van der Waals surface area contributed by atoms with E-state index in [1.807, 2.05) is 20.8 Å².